The van der Waals surface area contributed by atoms with Crippen molar-refractivity contribution in [2.45, 2.75) is 0 Å². The van der Waals surface area contributed by atoms with Crippen LogP contribution in [0.2, 0.25) is 0 Å². The van der Waals surface area contributed by atoms with Crippen LogP contribution in [0.3, 0.4) is 0 Å². The van der Waals surface area contributed by atoms with Gasteiger partial charge in [-0.25, -0.2) is 0 Å². The lowest BCUT2D eigenvalue weighted by Gasteiger charge is -1.96. The zero-order valence-corrected chi connectivity index (χ0v) is 6.38. The molecule has 0 aliphatic carbocycles. The van der Waals surface area contributed by atoms with E-state index < -0.39 is 5.91 Å². The molecule has 0 aromatic heterocycles. The molecule has 0 radical (unpaired) electrons. The van der Waals surface area contributed by atoms with Crippen molar-refractivity contribution >= 4 is 24.5 Å². The fraction of sp³-hybridized carbons (Fsp3) is 0. The Hall–Kier alpha value is -1.29. The summed E-state index contributed by atoms with van der Waals surface area (Å²) in [5, 5.41) is 0. The number of carbonyl (C=O) groups excluding carboxylic acids is 1. The summed E-state index contributed by atoms with van der Waals surface area (Å²) < 4.78 is 4.75. The maximum Gasteiger partial charge on any atom is 0.284 e. The average molecular weight is 175 g/mol. The van der Waals surface area contributed by atoms with E-state index in [0.29, 0.717) is 0 Å². The number of hydrogen-bond donors (Lipinski definition) is 1. The van der Waals surface area contributed by atoms with Crippen molar-refractivity contribution in [2.75, 3.05) is 0 Å². The fourth-order valence-electron chi connectivity index (χ4n) is 0.479. The number of carbonyl (C=O) groups is 1. The van der Waals surface area contributed by atoms with E-state index >= 15 is 0 Å². The minimum absolute atomic E-state index is 0. The van der Waals surface area contributed by atoms with Gasteiger partial charge in [0.25, 0.3) is 5.91 Å². The largest absolute Gasteiger partial charge is 0.458 e. The van der Waals surface area contributed by atoms with Gasteiger partial charge < -0.3 is 10.5 Å². The smallest absolute Gasteiger partial charge is 0.284 e. The number of allylic oxidation sites excluding steroid dienone is 1. The Kier molecular flexibility index (Phi) is 3.98. The SMILES string of the molecule is Cl.NC(=O)C1=CC=NC=CO1. The molecule has 60 valence electrons. The first-order valence-corrected chi connectivity index (χ1v) is 2.65. The zero-order valence-electron chi connectivity index (χ0n) is 5.56. The van der Waals surface area contributed by atoms with Crippen LogP contribution in [-0.2, 0) is 9.53 Å². The Morgan fingerprint density at radius 2 is 2.36 bits per heavy atom. The van der Waals surface area contributed by atoms with Crippen molar-refractivity contribution in [1.82, 2.24) is 0 Å². The molecule has 1 aliphatic rings. The van der Waals surface area contributed by atoms with E-state index in [1.165, 1.54) is 24.8 Å². The maximum absolute atomic E-state index is 10.4. The molecule has 2 N–H and O–H groups in total. The first-order valence-electron chi connectivity index (χ1n) is 2.65. The van der Waals surface area contributed by atoms with Crippen LogP contribution in [0.1, 0.15) is 0 Å². The van der Waals surface area contributed by atoms with Crippen LogP contribution >= 0.6 is 12.4 Å². The molecular weight excluding hydrogens is 168 g/mol. The number of amides is 1. The van der Waals surface area contributed by atoms with Gasteiger partial charge in [0.05, 0.1) is 6.20 Å². The molecule has 0 unspecified atom stereocenters. The number of primary amides is 1. The molecule has 0 aromatic carbocycles. The minimum Gasteiger partial charge on any atom is -0.458 e. The summed E-state index contributed by atoms with van der Waals surface area (Å²) in [5.74, 6) is -0.504. The van der Waals surface area contributed by atoms with Crippen LogP contribution < -0.4 is 5.73 Å². The molecule has 5 heteroatoms. The monoisotopic (exact) mass is 174 g/mol. The Balaban J connectivity index is 0.000001000. The number of ether oxygens (including phenoxy) is 1. The molecular formula is C6H7ClN2O2. The van der Waals surface area contributed by atoms with Crippen LogP contribution in [0.4, 0.5) is 0 Å². The molecule has 1 rings (SSSR count). The molecule has 0 bridgehead atoms. The second kappa shape index (κ2) is 4.51. The van der Waals surface area contributed by atoms with Gasteiger partial charge in [0.15, 0.2) is 5.76 Å². The number of nitrogens with zero attached hydrogens (tertiary/aromatic N) is 1. The molecule has 1 heterocycles. The highest BCUT2D eigenvalue weighted by Gasteiger charge is 2.03. The standard InChI is InChI=1S/C6H6N2O2.ClH/c7-6(9)5-1-2-8-3-4-10-5;/h1-4H,(H2,7,9);1H. The number of rotatable bonds is 1. The topological polar surface area (TPSA) is 64.7 Å². The van der Waals surface area contributed by atoms with Gasteiger partial charge in [-0.3, -0.25) is 9.79 Å². The molecule has 0 atom stereocenters. The highest BCUT2D eigenvalue weighted by molar-refractivity contribution is 5.94. The number of nitrogens with two attached hydrogens (primary N) is 1. The molecule has 0 saturated heterocycles. The van der Waals surface area contributed by atoms with Crippen molar-refractivity contribution in [2.24, 2.45) is 10.7 Å². The van der Waals surface area contributed by atoms with Gasteiger partial charge in [-0.05, 0) is 0 Å². The van der Waals surface area contributed by atoms with Gasteiger partial charge in [-0.2, -0.15) is 0 Å². The maximum atomic E-state index is 10.4. The van der Waals surface area contributed by atoms with Crippen LogP contribution in [0, 0.1) is 0 Å². The van der Waals surface area contributed by atoms with Crippen LogP contribution in [0.25, 0.3) is 0 Å². The van der Waals surface area contributed by atoms with E-state index in [4.69, 9.17) is 10.5 Å². The second-order valence-electron chi connectivity index (χ2n) is 1.60. The highest BCUT2D eigenvalue weighted by Crippen LogP contribution is 1.98. The van der Waals surface area contributed by atoms with Gasteiger partial charge >= 0.3 is 0 Å². The number of aliphatic imine (C=N–C) groups is 1. The average Bonchev–Trinajstić information content (AvgIpc) is 2.12. The van der Waals surface area contributed by atoms with Gasteiger partial charge in [0.1, 0.15) is 6.26 Å². The van der Waals surface area contributed by atoms with E-state index in [2.05, 4.69) is 4.99 Å². The number of hydrogen-bond acceptors (Lipinski definition) is 3. The van der Waals surface area contributed by atoms with Crippen LogP contribution in [-0.4, -0.2) is 12.1 Å². The fourth-order valence-corrected chi connectivity index (χ4v) is 0.479. The van der Waals surface area contributed by atoms with Gasteiger partial charge in [0.2, 0.25) is 0 Å². The summed E-state index contributed by atoms with van der Waals surface area (Å²) >= 11 is 0. The molecule has 0 spiro atoms. The molecule has 4 nitrogen and oxygen atoms in total. The Morgan fingerprint density at radius 1 is 1.64 bits per heavy atom. The Labute approximate surface area is 69.8 Å². The summed E-state index contributed by atoms with van der Waals surface area (Å²) in [4.78, 5) is 14.1. The van der Waals surface area contributed by atoms with E-state index in [1.54, 1.807) is 0 Å². The third-order valence-corrected chi connectivity index (χ3v) is 0.897. The van der Waals surface area contributed by atoms with E-state index in [1.807, 2.05) is 0 Å². The zero-order chi connectivity index (χ0) is 7.40. The summed E-state index contributed by atoms with van der Waals surface area (Å²) in [6, 6.07) is 0. The normalized spacial score (nSPS) is 14.0. The summed E-state index contributed by atoms with van der Waals surface area (Å²) in [6.45, 7) is 0. The first kappa shape index (κ1) is 9.71. The van der Waals surface area contributed by atoms with Gasteiger partial charge in [0, 0.05) is 12.3 Å². The van der Waals surface area contributed by atoms with E-state index in [-0.39, 0.29) is 18.2 Å². The third-order valence-electron chi connectivity index (χ3n) is 0.897. The lowest BCUT2D eigenvalue weighted by molar-refractivity contribution is -0.117. The summed E-state index contributed by atoms with van der Waals surface area (Å²) in [5.41, 5.74) is 4.91. The van der Waals surface area contributed by atoms with Crippen LogP contribution in [0.15, 0.2) is 29.3 Å². The van der Waals surface area contributed by atoms with E-state index in [0.717, 1.165) is 0 Å². The van der Waals surface area contributed by atoms with Gasteiger partial charge in [-0.1, -0.05) is 0 Å². The number of halogens is 1. The van der Waals surface area contributed by atoms with E-state index in [9.17, 15) is 4.79 Å². The second-order valence-corrected chi connectivity index (χ2v) is 1.60. The molecule has 1 amide bonds. The molecule has 0 saturated carbocycles. The van der Waals surface area contributed by atoms with Crippen molar-refractivity contribution < 1.29 is 9.53 Å². The third kappa shape index (κ3) is 2.86. The highest BCUT2D eigenvalue weighted by atomic mass is 35.5. The van der Waals surface area contributed by atoms with Crippen molar-refractivity contribution in [1.29, 1.82) is 0 Å². The van der Waals surface area contributed by atoms with Gasteiger partial charge in [-0.15, -0.1) is 12.4 Å². The summed E-state index contributed by atoms with van der Waals surface area (Å²) in [6.07, 6.45) is 5.55. The first-order chi connectivity index (χ1) is 4.80. The molecule has 0 aromatic rings. The lowest BCUT2D eigenvalue weighted by atomic mass is 10.4. The molecule has 11 heavy (non-hydrogen) atoms. The van der Waals surface area contributed by atoms with Crippen LogP contribution in [0.5, 0.6) is 0 Å². The summed E-state index contributed by atoms with van der Waals surface area (Å²) in [7, 11) is 0. The predicted molar refractivity (Wildman–Crippen MR) is 43.2 cm³/mol. The molecule has 0 fully saturated rings. The minimum atomic E-state index is -0.599. The van der Waals surface area contributed by atoms with Crippen molar-refractivity contribution in [3.63, 3.8) is 0 Å². The Bertz CT molecular complexity index is 233. The predicted octanol–water partition coefficient (Wildman–Crippen LogP) is 0.350. The Morgan fingerprint density at radius 3 is 3.00 bits per heavy atom. The molecule has 1 aliphatic heterocycles. The van der Waals surface area contributed by atoms with Crippen molar-refractivity contribution in [3.8, 4) is 0 Å². The van der Waals surface area contributed by atoms with Crippen molar-refractivity contribution in [3.05, 3.63) is 24.3 Å². The lowest BCUT2D eigenvalue weighted by Crippen LogP contribution is -2.14. The quantitative estimate of drug-likeness (QED) is 0.624.